The van der Waals surface area contributed by atoms with Crippen LogP contribution in [0.3, 0.4) is 0 Å². The van der Waals surface area contributed by atoms with Crippen molar-refractivity contribution in [1.82, 2.24) is 0 Å². The third kappa shape index (κ3) is 2.35. The first-order chi connectivity index (χ1) is 7.47. The average molecular weight is 234 g/mol. The van der Waals surface area contributed by atoms with Crippen LogP contribution in [0.4, 0.5) is 17.6 Å². The fourth-order valence-corrected chi connectivity index (χ4v) is 1.80. The Balaban J connectivity index is 2.35. The van der Waals surface area contributed by atoms with Crippen LogP contribution in [0.2, 0.25) is 0 Å². The van der Waals surface area contributed by atoms with Crippen molar-refractivity contribution < 1.29 is 22.3 Å². The molecule has 0 amide bonds. The molecule has 88 valence electrons. The summed E-state index contributed by atoms with van der Waals surface area (Å²) in [7, 11) is 0. The molecule has 1 saturated heterocycles. The van der Waals surface area contributed by atoms with Crippen molar-refractivity contribution in [1.29, 1.82) is 0 Å². The van der Waals surface area contributed by atoms with Gasteiger partial charge in [0.15, 0.2) is 0 Å². The lowest BCUT2D eigenvalue weighted by Gasteiger charge is -2.13. The summed E-state index contributed by atoms with van der Waals surface area (Å²) in [4.78, 5) is 0. The van der Waals surface area contributed by atoms with Gasteiger partial charge in [-0.1, -0.05) is 0 Å². The number of hydrogen-bond acceptors (Lipinski definition) is 1. The van der Waals surface area contributed by atoms with Crippen molar-refractivity contribution in [2.75, 3.05) is 6.61 Å². The maximum atomic E-state index is 13.1. The number of rotatable bonds is 1. The lowest BCUT2D eigenvalue weighted by Crippen LogP contribution is -2.07. The normalized spacial score (nSPS) is 21.4. The van der Waals surface area contributed by atoms with Crippen LogP contribution in [0, 0.1) is 5.82 Å². The molecular formula is C11H10F4O. The SMILES string of the molecule is Fc1cc(C2CCCO2)cc(C(F)(F)F)c1. The monoisotopic (exact) mass is 234 g/mol. The van der Waals surface area contributed by atoms with Crippen LogP contribution in [0.1, 0.15) is 30.1 Å². The molecular weight excluding hydrogens is 224 g/mol. The van der Waals surface area contributed by atoms with E-state index >= 15 is 0 Å². The van der Waals surface area contributed by atoms with Crippen molar-refractivity contribution in [2.24, 2.45) is 0 Å². The van der Waals surface area contributed by atoms with Gasteiger partial charge in [-0.25, -0.2) is 4.39 Å². The lowest BCUT2D eigenvalue weighted by molar-refractivity contribution is -0.137. The molecule has 0 aromatic heterocycles. The first-order valence-electron chi connectivity index (χ1n) is 4.96. The molecule has 0 spiro atoms. The van der Waals surface area contributed by atoms with Gasteiger partial charge in [-0.3, -0.25) is 0 Å². The van der Waals surface area contributed by atoms with Gasteiger partial charge in [0.1, 0.15) is 5.82 Å². The van der Waals surface area contributed by atoms with Crippen LogP contribution in [-0.2, 0) is 10.9 Å². The molecule has 1 aliphatic heterocycles. The van der Waals surface area contributed by atoms with Crippen LogP contribution < -0.4 is 0 Å². The Hall–Kier alpha value is -1.10. The van der Waals surface area contributed by atoms with Crippen molar-refractivity contribution >= 4 is 0 Å². The zero-order chi connectivity index (χ0) is 11.8. The van der Waals surface area contributed by atoms with Gasteiger partial charge in [-0.05, 0) is 36.6 Å². The van der Waals surface area contributed by atoms with E-state index in [-0.39, 0.29) is 5.56 Å². The highest BCUT2D eigenvalue weighted by Crippen LogP contribution is 2.35. The van der Waals surface area contributed by atoms with E-state index in [0.717, 1.165) is 18.6 Å². The minimum absolute atomic E-state index is 0.268. The van der Waals surface area contributed by atoms with Gasteiger partial charge in [-0.2, -0.15) is 13.2 Å². The molecule has 2 rings (SSSR count). The molecule has 16 heavy (non-hydrogen) atoms. The summed E-state index contributed by atoms with van der Waals surface area (Å²) in [5.41, 5.74) is -0.692. The standard InChI is InChI=1S/C11H10F4O/c12-9-5-7(10-2-1-3-16-10)4-8(6-9)11(13,14)15/h4-6,10H,1-3H2. The Morgan fingerprint density at radius 3 is 2.50 bits per heavy atom. The third-order valence-corrected chi connectivity index (χ3v) is 2.55. The Kier molecular flexibility index (Phi) is 2.88. The fourth-order valence-electron chi connectivity index (χ4n) is 1.80. The topological polar surface area (TPSA) is 9.23 Å². The second kappa shape index (κ2) is 4.05. The number of halogens is 4. The van der Waals surface area contributed by atoms with Crippen molar-refractivity contribution in [3.05, 3.63) is 35.1 Å². The van der Waals surface area contributed by atoms with Crippen LogP contribution in [0.5, 0.6) is 0 Å². The van der Waals surface area contributed by atoms with E-state index in [0.29, 0.717) is 19.1 Å². The molecule has 5 heteroatoms. The average Bonchev–Trinajstić information content (AvgIpc) is 2.68. The first kappa shape index (κ1) is 11.4. The molecule has 1 aromatic rings. The van der Waals surface area contributed by atoms with E-state index in [2.05, 4.69) is 0 Å². The molecule has 1 nitrogen and oxygen atoms in total. The molecule has 0 N–H and O–H groups in total. The molecule has 0 radical (unpaired) electrons. The molecule has 1 atom stereocenters. The van der Waals surface area contributed by atoms with Gasteiger partial charge in [0.2, 0.25) is 0 Å². The summed E-state index contributed by atoms with van der Waals surface area (Å²) in [6.07, 6.45) is -3.49. The van der Waals surface area contributed by atoms with Crippen LogP contribution >= 0.6 is 0 Å². The summed E-state index contributed by atoms with van der Waals surface area (Å²) in [6, 6.07) is 2.56. The summed E-state index contributed by atoms with van der Waals surface area (Å²) >= 11 is 0. The highest BCUT2D eigenvalue weighted by atomic mass is 19.4. The molecule has 1 aliphatic rings. The summed E-state index contributed by atoms with van der Waals surface area (Å²) in [6.45, 7) is 0.516. The predicted molar refractivity (Wildman–Crippen MR) is 49.3 cm³/mol. The van der Waals surface area contributed by atoms with E-state index in [4.69, 9.17) is 4.74 Å². The second-order valence-corrected chi connectivity index (χ2v) is 3.77. The molecule has 0 aliphatic carbocycles. The Morgan fingerprint density at radius 2 is 1.94 bits per heavy atom. The zero-order valence-electron chi connectivity index (χ0n) is 8.35. The maximum Gasteiger partial charge on any atom is 0.416 e. The van der Waals surface area contributed by atoms with E-state index in [9.17, 15) is 17.6 Å². The predicted octanol–water partition coefficient (Wildman–Crippen LogP) is 3.70. The summed E-state index contributed by atoms with van der Waals surface area (Å²) < 4.78 is 55.6. The molecule has 1 heterocycles. The molecule has 0 saturated carbocycles. The quantitative estimate of drug-likeness (QED) is 0.673. The van der Waals surface area contributed by atoms with E-state index < -0.39 is 23.7 Å². The minimum atomic E-state index is -4.52. The Labute approximate surface area is 90.0 Å². The van der Waals surface area contributed by atoms with Gasteiger partial charge < -0.3 is 4.74 Å². The zero-order valence-corrected chi connectivity index (χ0v) is 8.35. The second-order valence-electron chi connectivity index (χ2n) is 3.77. The Morgan fingerprint density at radius 1 is 1.19 bits per heavy atom. The summed E-state index contributed by atoms with van der Waals surface area (Å²) in [5, 5.41) is 0. The minimum Gasteiger partial charge on any atom is -0.374 e. The van der Waals surface area contributed by atoms with Gasteiger partial charge in [0.25, 0.3) is 0 Å². The number of ether oxygens (including phenoxy) is 1. The smallest absolute Gasteiger partial charge is 0.374 e. The van der Waals surface area contributed by atoms with E-state index in [1.807, 2.05) is 0 Å². The van der Waals surface area contributed by atoms with Gasteiger partial charge >= 0.3 is 6.18 Å². The van der Waals surface area contributed by atoms with Gasteiger partial charge in [0, 0.05) is 6.61 Å². The van der Waals surface area contributed by atoms with Gasteiger partial charge in [0.05, 0.1) is 11.7 Å². The summed E-state index contributed by atoms with van der Waals surface area (Å²) in [5.74, 6) is -0.875. The van der Waals surface area contributed by atoms with Crippen LogP contribution in [0.25, 0.3) is 0 Å². The number of benzene rings is 1. The Bertz CT molecular complexity index is 380. The molecule has 1 aromatic carbocycles. The lowest BCUT2D eigenvalue weighted by atomic mass is 10.0. The largest absolute Gasteiger partial charge is 0.416 e. The highest BCUT2D eigenvalue weighted by Gasteiger charge is 2.32. The first-order valence-corrected chi connectivity index (χ1v) is 4.96. The van der Waals surface area contributed by atoms with Crippen molar-refractivity contribution in [2.45, 2.75) is 25.1 Å². The molecule has 1 fully saturated rings. The number of alkyl halides is 3. The van der Waals surface area contributed by atoms with Crippen LogP contribution in [0.15, 0.2) is 18.2 Å². The van der Waals surface area contributed by atoms with Gasteiger partial charge in [-0.15, -0.1) is 0 Å². The molecule has 1 unspecified atom stereocenters. The maximum absolute atomic E-state index is 13.1. The number of hydrogen-bond donors (Lipinski definition) is 0. The van der Waals surface area contributed by atoms with Crippen molar-refractivity contribution in [3.63, 3.8) is 0 Å². The third-order valence-electron chi connectivity index (χ3n) is 2.55. The van der Waals surface area contributed by atoms with Crippen LogP contribution in [-0.4, -0.2) is 6.61 Å². The fraction of sp³-hybridized carbons (Fsp3) is 0.455. The van der Waals surface area contributed by atoms with Crippen molar-refractivity contribution in [3.8, 4) is 0 Å². The van der Waals surface area contributed by atoms with E-state index in [1.54, 1.807) is 0 Å². The molecule has 0 bridgehead atoms. The highest BCUT2D eigenvalue weighted by molar-refractivity contribution is 5.28. The van der Waals surface area contributed by atoms with E-state index in [1.165, 1.54) is 0 Å².